The van der Waals surface area contributed by atoms with Gasteiger partial charge in [-0.3, -0.25) is 4.98 Å². The molecule has 1 N–H and O–H groups in total. The van der Waals surface area contributed by atoms with Crippen LogP contribution in [0.2, 0.25) is 0 Å². The van der Waals surface area contributed by atoms with Crippen LogP contribution in [0.1, 0.15) is 61.9 Å². The van der Waals surface area contributed by atoms with E-state index < -0.39 is 0 Å². The maximum absolute atomic E-state index is 4.74. The Labute approximate surface area is 123 Å². The highest BCUT2D eigenvalue weighted by Gasteiger charge is 2.40. The molecule has 4 unspecified atom stereocenters. The summed E-state index contributed by atoms with van der Waals surface area (Å²) in [5.74, 6) is 2.98. The first-order chi connectivity index (χ1) is 9.67. The topological polar surface area (TPSA) is 24.9 Å². The molecule has 0 aromatic carbocycles. The quantitative estimate of drug-likeness (QED) is 0.870. The highest BCUT2D eigenvalue weighted by molar-refractivity contribution is 5.25. The van der Waals surface area contributed by atoms with Gasteiger partial charge in [-0.2, -0.15) is 0 Å². The molecule has 1 aromatic heterocycles. The van der Waals surface area contributed by atoms with Crippen molar-refractivity contribution in [3.63, 3.8) is 0 Å². The second-order valence-corrected chi connectivity index (χ2v) is 7.00. The van der Waals surface area contributed by atoms with Crippen LogP contribution >= 0.6 is 0 Å². The third kappa shape index (κ3) is 2.76. The van der Waals surface area contributed by atoms with E-state index in [1.165, 1.54) is 48.9 Å². The number of hydrogen-bond donors (Lipinski definition) is 1. The van der Waals surface area contributed by atoms with Crippen LogP contribution < -0.4 is 5.32 Å². The molecule has 4 atom stereocenters. The van der Waals surface area contributed by atoms with Crippen molar-refractivity contribution in [2.75, 3.05) is 6.54 Å². The van der Waals surface area contributed by atoms with Gasteiger partial charge in [-0.25, -0.2) is 0 Å². The zero-order valence-corrected chi connectivity index (χ0v) is 13.2. The summed E-state index contributed by atoms with van der Waals surface area (Å²) in [6.07, 6.45) is 9.25. The van der Waals surface area contributed by atoms with E-state index in [-0.39, 0.29) is 0 Å². The predicted octanol–water partition coefficient (Wildman–Crippen LogP) is 4.18. The lowest BCUT2D eigenvalue weighted by Gasteiger charge is -2.27. The maximum atomic E-state index is 4.74. The average molecular weight is 272 g/mol. The zero-order chi connectivity index (χ0) is 14.1. The van der Waals surface area contributed by atoms with Crippen molar-refractivity contribution >= 4 is 0 Å². The standard InChI is InChI=1S/C18H28N2/c1-4-19-17(18-13(3)7-12(2)11-20-18)10-16-9-14-5-6-15(16)8-14/h7,11,14-17,19H,4-6,8-10H2,1-3H3. The maximum Gasteiger partial charge on any atom is 0.0602 e. The lowest BCUT2D eigenvalue weighted by molar-refractivity contribution is 0.278. The molecule has 2 saturated carbocycles. The van der Waals surface area contributed by atoms with Gasteiger partial charge in [-0.05, 0) is 75.0 Å². The molecule has 2 aliphatic rings. The van der Waals surface area contributed by atoms with Gasteiger partial charge in [0.15, 0.2) is 0 Å². The Morgan fingerprint density at radius 2 is 2.15 bits per heavy atom. The Balaban J connectivity index is 1.75. The van der Waals surface area contributed by atoms with E-state index in [1.54, 1.807) is 0 Å². The molecule has 1 aromatic rings. The van der Waals surface area contributed by atoms with Gasteiger partial charge in [-0.15, -0.1) is 0 Å². The van der Waals surface area contributed by atoms with Gasteiger partial charge in [0.2, 0.25) is 0 Å². The minimum absolute atomic E-state index is 0.449. The molecule has 2 aliphatic carbocycles. The number of aromatic nitrogens is 1. The lowest BCUT2D eigenvalue weighted by atomic mass is 9.83. The molecule has 2 bridgehead atoms. The molecule has 0 radical (unpaired) electrons. The summed E-state index contributed by atoms with van der Waals surface area (Å²) in [7, 11) is 0. The number of aryl methyl sites for hydroxylation is 2. The van der Waals surface area contributed by atoms with Crippen molar-refractivity contribution in [1.29, 1.82) is 0 Å². The van der Waals surface area contributed by atoms with E-state index in [4.69, 9.17) is 4.98 Å². The van der Waals surface area contributed by atoms with Crippen molar-refractivity contribution in [2.45, 2.75) is 58.9 Å². The molecule has 3 rings (SSSR count). The highest BCUT2D eigenvalue weighted by Crippen LogP contribution is 2.50. The Bertz CT molecular complexity index is 468. The van der Waals surface area contributed by atoms with Crippen molar-refractivity contribution in [2.24, 2.45) is 17.8 Å². The molecule has 1 heterocycles. The molecule has 2 heteroatoms. The van der Waals surface area contributed by atoms with Crippen LogP contribution in [0.3, 0.4) is 0 Å². The number of nitrogens with one attached hydrogen (secondary N) is 1. The molecule has 2 nitrogen and oxygen atoms in total. The third-order valence-electron chi connectivity index (χ3n) is 5.46. The minimum atomic E-state index is 0.449. The highest BCUT2D eigenvalue weighted by atomic mass is 14.9. The smallest absolute Gasteiger partial charge is 0.0602 e. The number of hydrogen-bond acceptors (Lipinski definition) is 2. The van der Waals surface area contributed by atoms with Crippen LogP contribution in [0, 0.1) is 31.6 Å². The van der Waals surface area contributed by atoms with Crippen molar-refractivity contribution in [3.8, 4) is 0 Å². The number of fused-ring (bicyclic) bond motifs is 2. The summed E-state index contributed by atoms with van der Waals surface area (Å²) in [5, 5.41) is 3.68. The van der Waals surface area contributed by atoms with Crippen LogP contribution in [0.4, 0.5) is 0 Å². The summed E-state index contributed by atoms with van der Waals surface area (Å²) in [5.41, 5.74) is 3.89. The second-order valence-electron chi connectivity index (χ2n) is 7.00. The van der Waals surface area contributed by atoms with Crippen molar-refractivity contribution in [3.05, 3.63) is 29.1 Å². The Morgan fingerprint density at radius 1 is 1.30 bits per heavy atom. The molecule has 20 heavy (non-hydrogen) atoms. The molecular formula is C18H28N2. The van der Waals surface area contributed by atoms with Crippen LogP contribution in [0.25, 0.3) is 0 Å². The number of rotatable bonds is 5. The lowest BCUT2D eigenvalue weighted by Crippen LogP contribution is -2.27. The molecule has 0 spiro atoms. The minimum Gasteiger partial charge on any atom is -0.309 e. The molecule has 0 amide bonds. The van der Waals surface area contributed by atoms with Crippen LogP contribution in [-0.4, -0.2) is 11.5 Å². The first-order valence-corrected chi connectivity index (χ1v) is 8.34. The van der Waals surface area contributed by atoms with Gasteiger partial charge in [0.05, 0.1) is 11.7 Å². The summed E-state index contributed by atoms with van der Waals surface area (Å²) < 4.78 is 0. The van der Waals surface area contributed by atoms with Crippen molar-refractivity contribution in [1.82, 2.24) is 10.3 Å². The summed E-state index contributed by atoms with van der Waals surface area (Å²) in [6.45, 7) is 7.57. The van der Waals surface area contributed by atoms with E-state index in [1.807, 2.05) is 6.20 Å². The van der Waals surface area contributed by atoms with Crippen LogP contribution in [0.5, 0.6) is 0 Å². The summed E-state index contributed by atoms with van der Waals surface area (Å²) in [4.78, 5) is 4.74. The number of nitrogens with zero attached hydrogens (tertiary/aromatic N) is 1. The third-order valence-corrected chi connectivity index (χ3v) is 5.46. The van der Waals surface area contributed by atoms with Crippen LogP contribution in [-0.2, 0) is 0 Å². The largest absolute Gasteiger partial charge is 0.309 e. The normalized spacial score (nSPS) is 29.9. The molecular weight excluding hydrogens is 244 g/mol. The second kappa shape index (κ2) is 5.85. The molecule has 110 valence electrons. The monoisotopic (exact) mass is 272 g/mol. The fourth-order valence-corrected chi connectivity index (χ4v) is 4.60. The first-order valence-electron chi connectivity index (χ1n) is 8.34. The van der Waals surface area contributed by atoms with E-state index in [9.17, 15) is 0 Å². The van der Waals surface area contributed by atoms with Gasteiger partial charge >= 0.3 is 0 Å². The summed E-state index contributed by atoms with van der Waals surface area (Å²) in [6, 6.07) is 2.72. The van der Waals surface area contributed by atoms with Crippen LogP contribution in [0.15, 0.2) is 12.3 Å². The van der Waals surface area contributed by atoms with Gasteiger partial charge in [-0.1, -0.05) is 19.4 Å². The summed E-state index contributed by atoms with van der Waals surface area (Å²) >= 11 is 0. The van der Waals surface area contributed by atoms with Gasteiger partial charge in [0, 0.05) is 6.20 Å². The average Bonchev–Trinajstić information content (AvgIpc) is 3.00. The fourth-order valence-electron chi connectivity index (χ4n) is 4.60. The SMILES string of the molecule is CCNC(CC1CC2CCC1C2)c1ncc(C)cc1C. The van der Waals surface area contributed by atoms with Gasteiger partial charge < -0.3 is 5.32 Å². The van der Waals surface area contributed by atoms with Crippen molar-refractivity contribution < 1.29 is 0 Å². The Morgan fingerprint density at radius 3 is 2.75 bits per heavy atom. The van der Waals surface area contributed by atoms with E-state index in [0.717, 1.165) is 24.3 Å². The van der Waals surface area contributed by atoms with E-state index in [0.29, 0.717) is 6.04 Å². The number of pyridine rings is 1. The molecule has 0 saturated heterocycles. The van der Waals surface area contributed by atoms with Gasteiger partial charge in [0.25, 0.3) is 0 Å². The zero-order valence-electron chi connectivity index (χ0n) is 13.2. The predicted molar refractivity (Wildman–Crippen MR) is 83.7 cm³/mol. The molecule has 0 aliphatic heterocycles. The Hall–Kier alpha value is -0.890. The van der Waals surface area contributed by atoms with Gasteiger partial charge in [0.1, 0.15) is 0 Å². The molecule has 2 fully saturated rings. The Kier molecular flexibility index (Phi) is 4.11. The first kappa shape index (κ1) is 14.1. The fraction of sp³-hybridized carbons (Fsp3) is 0.722. The van der Waals surface area contributed by atoms with E-state index >= 15 is 0 Å². The van der Waals surface area contributed by atoms with E-state index in [2.05, 4.69) is 32.2 Å².